The molecule has 1 heterocycles. The van der Waals surface area contributed by atoms with Crippen molar-refractivity contribution in [3.63, 3.8) is 0 Å². The largest absolute Gasteiger partial charge is 1.00 e. The molecule has 1 saturated heterocycles. The minimum Gasteiger partial charge on any atom is 1.00 e. The van der Waals surface area contributed by atoms with E-state index in [0.29, 0.717) is 4.11 Å². The van der Waals surface area contributed by atoms with Crippen LogP contribution in [0.5, 0.6) is 0 Å². The van der Waals surface area contributed by atoms with Gasteiger partial charge in [0.25, 0.3) is 0 Å². The third kappa shape index (κ3) is 4.38. The van der Waals surface area contributed by atoms with Gasteiger partial charge in [0, 0.05) is 0 Å². The molecule has 6 heteroatoms. The molecule has 1 N–H and O–H groups in total. The Kier molecular flexibility index (Phi) is 9.84. The number of hydrogen-bond acceptors (Lipinski definition) is 2. The second-order valence-electron chi connectivity index (χ2n) is 1.72. The van der Waals surface area contributed by atoms with E-state index in [1.807, 2.05) is 0 Å². The molecule has 0 bridgehead atoms. The van der Waals surface area contributed by atoms with Gasteiger partial charge < -0.3 is 0 Å². The number of alkyl halides is 1. The molecule has 2 nitrogen and oxygen atoms in total. The molecule has 0 spiro atoms. The molecular weight excluding hydrogens is 484 g/mol. The van der Waals surface area contributed by atoms with Gasteiger partial charge in [-0.1, -0.05) is 0 Å². The number of ether oxygens (including phenoxy) is 1. The number of rotatable bonds is 2. The Hall–Kier alpha value is 3.11. The first-order valence-electron chi connectivity index (χ1n) is 2.61. The van der Waals surface area contributed by atoms with Crippen LogP contribution >= 0.6 is 34.9 Å². The van der Waals surface area contributed by atoms with Crippen molar-refractivity contribution < 1.29 is 51.0 Å². The standard InChI is InChI=1S/C4H8I3O2.Na/c5-6-7(8)4-2-1-3-9-4;/h4,8H,1-3H2;/q-1;+1. The Morgan fingerprint density at radius 3 is 2.80 bits per heavy atom. The van der Waals surface area contributed by atoms with E-state index in [2.05, 4.69) is 18.6 Å². The Morgan fingerprint density at radius 1 is 1.70 bits per heavy atom. The monoisotopic (exact) mass is 492 g/mol. The van der Waals surface area contributed by atoms with E-state index in [9.17, 15) is 3.44 Å². The molecule has 1 rings (SSSR count). The summed E-state index contributed by atoms with van der Waals surface area (Å²) < 4.78 is 15.1. The van der Waals surface area contributed by atoms with Crippen molar-refractivity contribution in [2.24, 2.45) is 0 Å². The molecule has 0 radical (unpaired) electrons. The van der Waals surface area contributed by atoms with E-state index in [1.165, 1.54) is 6.42 Å². The average Bonchev–Trinajstić information content (AvgIpc) is 2.37. The van der Waals surface area contributed by atoms with Crippen molar-refractivity contribution in [1.82, 2.24) is 0 Å². The van der Waals surface area contributed by atoms with Crippen molar-refractivity contribution in [3.8, 4) is 0 Å². The van der Waals surface area contributed by atoms with Gasteiger partial charge in [-0.05, 0) is 0 Å². The topological polar surface area (TPSA) is 29.5 Å². The van der Waals surface area contributed by atoms with Crippen LogP contribution in [0.3, 0.4) is 0 Å². The molecule has 1 aliphatic rings. The van der Waals surface area contributed by atoms with Gasteiger partial charge >= 0.3 is 109 Å². The average molecular weight is 492 g/mol. The van der Waals surface area contributed by atoms with Gasteiger partial charge in [-0.25, -0.2) is 0 Å². The van der Waals surface area contributed by atoms with Crippen LogP contribution in [0, 0.1) is 0 Å². The van der Waals surface area contributed by atoms with Gasteiger partial charge in [0.2, 0.25) is 0 Å². The summed E-state index contributed by atoms with van der Waals surface area (Å²) in [5.41, 5.74) is 0. The van der Waals surface area contributed by atoms with Crippen molar-refractivity contribution in [3.05, 3.63) is 0 Å². The van der Waals surface area contributed by atoms with Gasteiger partial charge in [0.05, 0.1) is 0 Å². The minimum absolute atomic E-state index is 0. The van der Waals surface area contributed by atoms with Crippen LogP contribution < -0.4 is 42.8 Å². The van der Waals surface area contributed by atoms with Gasteiger partial charge in [-0.15, -0.1) is 0 Å². The first-order valence-corrected chi connectivity index (χ1v) is 17.4. The fourth-order valence-corrected chi connectivity index (χ4v) is 15.2. The summed E-state index contributed by atoms with van der Waals surface area (Å²) in [4.78, 5) is 0. The maximum Gasteiger partial charge on any atom is 1.00 e. The summed E-state index contributed by atoms with van der Waals surface area (Å²) in [6, 6.07) is 0. The maximum atomic E-state index is 9.43. The van der Waals surface area contributed by atoms with Crippen molar-refractivity contribution in [1.29, 1.82) is 0 Å². The van der Waals surface area contributed by atoms with Crippen LogP contribution in [-0.4, -0.2) is 14.2 Å². The van der Waals surface area contributed by atoms with E-state index in [0.717, 1.165) is 13.0 Å². The van der Waals surface area contributed by atoms with Crippen molar-refractivity contribution in [2.45, 2.75) is 17.0 Å². The Bertz CT molecular complexity index is 88.6. The molecule has 0 aromatic rings. The molecule has 0 aromatic heterocycles. The maximum absolute atomic E-state index is 9.43. The Labute approximate surface area is 107 Å². The molecular formula is C4H8I3NaO2. The second-order valence-corrected chi connectivity index (χ2v) is 26.4. The van der Waals surface area contributed by atoms with E-state index in [4.69, 9.17) is 4.74 Å². The fourth-order valence-electron chi connectivity index (χ4n) is 0.715. The third-order valence-electron chi connectivity index (χ3n) is 1.13. The molecule has 1 aliphatic heterocycles. The molecule has 1 unspecified atom stereocenters. The fraction of sp³-hybridized carbons (Fsp3) is 1.00. The first kappa shape index (κ1) is 13.1. The predicted octanol–water partition coefficient (Wildman–Crippen LogP) is -4.11. The zero-order chi connectivity index (χ0) is 6.69. The molecule has 58 valence electrons. The van der Waals surface area contributed by atoms with Crippen LogP contribution in [-0.2, 0) is 4.74 Å². The van der Waals surface area contributed by atoms with Gasteiger partial charge in [0.1, 0.15) is 0 Å². The summed E-state index contributed by atoms with van der Waals surface area (Å²) >= 11 is 0.925. The molecule has 1 fully saturated rings. The quantitative estimate of drug-likeness (QED) is 0.242. The van der Waals surface area contributed by atoms with Gasteiger partial charge in [-0.3, -0.25) is 0 Å². The summed E-state index contributed by atoms with van der Waals surface area (Å²) in [6.07, 6.45) is 2.30. The van der Waals surface area contributed by atoms with Crippen molar-refractivity contribution in [2.75, 3.05) is 6.61 Å². The summed E-state index contributed by atoms with van der Waals surface area (Å²) in [5, 5.41) is 0. The van der Waals surface area contributed by atoms with E-state index in [-0.39, 0.29) is 42.8 Å². The Morgan fingerprint density at radius 2 is 2.40 bits per heavy atom. The molecule has 0 aromatic carbocycles. The zero-order valence-electron chi connectivity index (χ0n) is 5.69. The molecule has 1 atom stereocenters. The second kappa shape index (κ2) is 7.51. The Balaban J connectivity index is 0.000000810. The predicted molar refractivity (Wildman–Crippen MR) is 49.2 cm³/mol. The number of halogens is 3. The molecule has 0 amide bonds. The van der Waals surface area contributed by atoms with E-state index in [1.54, 1.807) is 0 Å². The first-order chi connectivity index (χ1) is 4.34. The summed E-state index contributed by atoms with van der Waals surface area (Å²) in [6.45, 7) is 0.888. The molecule has 0 aliphatic carbocycles. The summed E-state index contributed by atoms with van der Waals surface area (Å²) in [7, 11) is 0. The van der Waals surface area contributed by atoms with Gasteiger partial charge in [-0.2, -0.15) is 0 Å². The van der Waals surface area contributed by atoms with Crippen LogP contribution in [0.1, 0.15) is 12.8 Å². The van der Waals surface area contributed by atoms with Crippen LogP contribution in [0.15, 0.2) is 0 Å². The van der Waals surface area contributed by atoms with E-state index < -0.39 is 16.3 Å². The molecule has 10 heavy (non-hydrogen) atoms. The normalized spacial score (nSPS) is 26.2. The summed E-state index contributed by atoms with van der Waals surface area (Å²) in [5.74, 6) is 0. The minimum atomic E-state index is -1.52. The third-order valence-corrected chi connectivity index (χ3v) is 23.4. The van der Waals surface area contributed by atoms with Crippen LogP contribution in [0.2, 0.25) is 0 Å². The SMILES string of the molecule is OI([I-]I)C1CCCO1.[Na+]. The van der Waals surface area contributed by atoms with Crippen LogP contribution in [0.4, 0.5) is 0 Å². The van der Waals surface area contributed by atoms with Crippen molar-refractivity contribution >= 4 is 34.9 Å². The van der Waals surface area contributed by atoms with E-state index >= 15 is 0 Å². The smallest absolute Gasteiger partial charge is 1.00 e. The van der Waals surface area contributed by atoms with Crippen LogP contribution in [0.25, 0.3) is 0 Å². The number of hydrogen-bond donors (Lipinski definition) is 1. The van der Waals surface area contributed by atoms with Gasteiger partial charge in [0.15, 0.2) is 0 Å². The zero-order valence-corrected chi connectivity index (χ0v) is 14.2. The molecule has 0 saturated carbocycles.